The third kappa shape index (κ3) is 4.56. The quantitative estimate of drug-likeness (QED) is 0.423. The van der Waals surface area contributed by atoms with Gasteiger partial charge in [0, 0.05) is 40.2 Å². The zero-order valence-electron chi connectivity index (χ0n) is 19.8. The van der Waals surface area contributed by atoms with Crippen molar-refractivity contribution < 1.29 is 9.59 Å². The van der Waals surface area contributed by atoms with Gasteiger partial charge in [0.2, 0.25) is 5.91 Å². The number of thioether (sulfide) groups is 1. The van der Waals surface area contributed by atoms with Gasteiger partial charge in [-0.3, -0.25) is 9.36 Å². The fraction of sp³-hybridized carbons (Fsp3) is 0.423. The lowest BCUT2D eigenvalue weighted by atomic mass is 10.0. The van der Waals surface area contributed by atoms with Crippen LogP contribution in [0.1, 0.15) is 44.6 Å². The standard InChI is InChI=1S/C26H29ClN4O2S/c1-17-28-15-22-16-30(25(33)31(17)22)21-8-10-29(11-9-21)24(32)14-26(2,3)34-23-7-5-18-12-20(27)6-4-19(18)13-23/h4-7,12-13,15,21H,8-11,14,16H2,1-3H3. The Morgan fingerprint density at radius 3 is 2.59 bits per heavy atom. The van der Waals surface area contributed by atoms with Gasteiger partial charge in [-0.25, -0.2) is 9.78 Å². The summed E-state index contributed by atoms with van der Waals surface area (Å²) >= 11 is 7.83. The summed E-state index contributed by atoms with van der Waals surface area (Å²) in [6, 6.07) is 12.4. The third-order valence-electron chi connectivity index (χ3n) is 6.78. The highest BCUT2D eigenvalue weighted by Gasteiger charge is 2.37. The van der Waals surface area contributed by atoms with Crippen molar-refractivity contribution in [2.45, 2.75) is 62.3 Å². The number of fused-ring (bicyclic) bond motifs is 2. The fourth-order valence-electron chi connectivity index (χ4n) is 5.04. The summed E-state index contributed by atoms with van der Waals surface area (Å²) in [6.07, 6.45) is 3.89. The molecule has 0 unspecified atom stereocenters. The minimum atomic E-state index is -0.229. The molecular formula is C26H29ClN4O2S. The maximum Gasteiger partial charge on any atom is 0.330 e. The van der Waals surface area contributed by atoms with Gasteiger partial charge in [0.05, 0.1) is 18.4 Å². The average molecular weight is 497 g/mol. The molecule has 1 aromatic heterocycles. The second-order valence-electron chi connectivity index (χ2n) is 9.85. The molecule has 0 N–H and O–H groups in total. The molecule has 0 atom stereocenters. The number of amides is 2. The monoisotopic (exact) mass is 496 g/mol. The van der Waals surface area contributed by atoms with Crippen LogP contribution in [0, 0.1) is 6.92 Å². The third-order valence-corrected chi connectivity index (χ3v) is 8.21. The van der Waals surface area contributed by atoms with E-state index < -0.39 is 0 Å². The molecular weight excluding hydrogens is 468 g/mol. The number of nitrogens with zero attached hydrogens (tertiary/aromatic N) is 4. The normalized spacial score (nSPS) is 17.0. The van der Waals surface area contributed by atoms with E-state index in [1.54, 1.807) is 22.5 Å². The smallest absolute Gasteiger partial charge is 0.330 e. The number of aromatic nitrogens is 2. The number of imidazole rings is 1. The van der Waals surface area contributed by atoms with Crippen LogP contribution in [0.4, 0.5) is 4.79 Å². The number of hydrogen-bond acceptors (Lipinski definition) is 4. The minimum Gasteiger partial charge on any atom is -0.343 e. The lowest BCUT2D eigenvalue weighted by Gasteiger charge is -2.37. The van der Waals surface area contributed by atoms with E-state index in [-0.39, 0.29) is 22.7 Å². The minimum absolute atomic E-state index is 0.0185. The summed E-state index contributed by atoms with van der Waals surface area (Å²) in [5.74, 6) is 0.924. The maximum absolute atomic E-state index is 13.1. The van der Waals surface area contributed by atoms with Gasteiger partial charge in [0.15, 0.2) is 0 Å². The molecule has 5 rings (SSSR count). The summed E-state index contributed by atoms with van der Waals surface area (Å²) in [5, 5.41) is 3.00. The Balaban J connectivity index is 1.16. The van der Waals surface area contributed by atoms with Crippen molar-refractivity contribution in [3.8, 4) is 0 Å². The number of hydrogen-bond donors (Lipinski definition) is 0. The first kappa shape index (κ1) is 23.2. The molecule has 2 aromatic carbocycles. The average Bonchev–Trinajstić information content (AvgIpc) is 3.33. The molecule has 0 aliphatic carbocycles. The Kier molecular flexibility index (Phi) is 6.10. The van der Waals surface area contributed by atoms with Crippen LogP contribution in [0.5, 0.6) is 0 Å². The van der Waals surface area contributed by atoms with E-state index in [9.17, 15) is 9.59 Å². The van der Waals surface area contributed by atoms with Crippen LogP contribution in [0.15, 0.2) is 47.5 Å². The van der Waals surface area contributed by atoms with Gasteiger partial charge < -0.3 is 9.80 Å². The first-order chi connectivity index (χ1) is 16.2. The van der Waals surface area contributed by atoms with E-state index in [1.807, 2.05) is 34.9 Å². The van der Waals surface area contributed by atoms with Crippen LogP contribution in [0.25, 0.3) is 10.8 Å². The van der Waals surface area contributed by atoms with Crippen molar-refractivity contribution in [1.82, 2.24) is 19.4 Å². The number of halogens is 1. The Morgan fingerprint density at radius 2 is 1.85 bits per heavy atom. The van der Waals surface area contributed by atoms with Crippen LogP contribution in [-0.2, 0) is 11.3 Å². The lowest BCUT2D eigenvalue weighted by Crippen LogP contribution is -2.48. The van der Waals surface area contributed by atoms with E-state index in [2.05, 4.69) is 37.0 Å². The van der Waals surface area contributed by atoms with Crippen LogP contribution < -0.4 is 0 Å². The van der Waals surface area contributed by atoms with Gasteiger partial charge in [-0.15, -0.1) is 11.8 Å². The molecule has 0 spiro atoms. The molecule has 1 saturated heterocycles. The number of aryl methyl sites for hydroxylation is 1. The van der Waals surface area contributed by atoms with Gasteiger partial charge in [-0.05, 0) is 68.7 Å². The van der Waals surface area contributed by atoms with Crippen molar-refractivity contribution in [1.29, 1.82) is 0 Å². The topological polar surface area (TPSA) is 58.4 Å². The largest absolute Gasteiger partial charge is 0.343 e. The highest BCUT2D eigenvalue weighted by Crippen LogP contribution is 2.37. The first-order valence-corrected chi connectivity index (χ1v) is 12.9. The fourth-order valence-corrected chi connectivity index (χ4v) is 6.37. The molecule has 8 heteroatoms. The number of rotatable bonds is 5. The molecule has 6 nitrogen and oxygen atoms in total. The van der Waals surface area contributed by atoms with Crippen LogP contribution in [0.2, 0.25) is 5.02 Å². The number of carbonyl (C=O) groups is 2. The Bertz CT molecular complexity index is 1260. The molecule has 0 saturated carbocycles. The zero-order valence-corrected chi connectivity index (χ0v) is 21.3. The van der Waals surface area contributed by atoms with Crippen LogP contribution >= 0.6 is 23.4 Å². The highest BCUT2D eigenvalue weighted by molar-refractivity contribution is 8.00. The lowest BCUT2D eigenvalue weighted by molar-refractivity contribution is -0.133. The van der Waals surface area contributed by atoms with Gasteiger partial charge >= 0.3 is 6.03 Å². The number of likely N-dealkylation sites (tertiary alicyclic amines) is 1. The van der Waals surface area contributed by atoms with Gasteiger partial charge in [-0.2, -0.15) is 0 Å². The molecule has 2 aliphatic rings. The Labute approximate surface area is 209 Å². The highest BCUT2D eigenvalue weighted by atomic mass is 35.5. The predicted molar refractivity (Wildman–Crippen MR) is 136 cm³/mol. The Hall–Kier alpha value is -2.51. The van der Waals surface area contributed by atoms with Gasteiger partial charge in [0.1, 0.15) is 5.82 Å². The van der Waals surface area contributed by atoms with Crippen molar-refractivity contribution in [3.05, 3.63) is 59.1 Å². The molecule has 2 amide bonds. The molecule has 178 valence electrons. The second-order valence-corrected chi connectivity index (χ2v) is 12.1. The number of benzene rings is 2. The van der Waals surface area contributed by atoms with Crippen LogP contribution in [-0.4, -0.2) is 55.2 Å². The van der Waals surface area contributed by atoms with E-state index in [0.29, 0.717) is 26.1 Å². The summed E-state index contributed by atoms with van der Waals surface area (Å²) in [4.78, 5) is 35.2. The summed E-state index contributed by atoms with van der Waals surface area (Å²) < 4.78 is 1.48. The van der Waals surface area contributed by atoms with Crippen molar-refractivity contribution in [2.75, 3.05) is 13.1 Å². The molecule has 0 radical (unpaired) electrons. The van der Waals surface area contributed by atoms with E-state index in [1.165, 1.54) is 0 Å². The van der Waals surface area contributed by atoms with Crippen LogP contribution in [0.3, 0.4) is 0 Å². The molecule has 34 heavy (non-hydrogen) atoms. The van der Waals surface area contributed by atoms with Gasteiger partial charge in [-0.1, -0.05) is 23.7 Å². The Morgan fingerprint density at radius 1 is 1.15 bits per heavy atom. The molecule has 1 fully saturated rings. The number of carbonyl (C=O) groups excluding carboxylic acids is 2. The molecule has 3 aromatic rings. The van der Waals surface area contributed by atoms with E-state index in [4.69, 9.17) is 11.6 Å². The molecule has 2 aliphatic heterocycles. The number of piperidine rings is 1. The molecule has 0 bridgehead atoms. The summed E-state index contributed by atoms with van der Waals surface area (Å²) in [6.45, 7) is 8.11. The summed E-state index contributed by atoms with van der Waals surface area (Å²) in [5.41, 5.74) is 0.955. The van der Waals surface area contributed by atoms with Gasteiger partial charge in [0.25, 0.3) is 0 Å². The predicted octanol–water partition coefficient (Wildman–Crippen LogP) is 5.73. The van der Waals surface area contributed by atoms with E-state index in [0.717, 1.165) is 45.1 Å². The van der Waals surface area contributed by atoms with E-state index >= 15 is 0 Å². The summed E-state index contributed by atoms with van der Waals surface area (Å²) in [7, 11) is 0. The maximum atomic E-state index is 13.1. The molecule has 3 heterocycles. The van der Waals surface area contributed by atoms with Crippen molar-refractivity contribution in [3.63, 3.8) is 0 Å². The first-order valence-electron chi connectivity index (χ1n) is 11.7. The SMILES string of the molecule is Cc1ncc2n1C(=O)N(C1CCN(C(=O)CC(C)(C)Sc3ccc4cc(Cl)ccc4c3)CC1)C2. The van der Waals surface area contributed by atoms with Crippen molar-refractivity contribution >= 4 is 46.1 Å². The zero-order chi connectivity index (χ0) is 24.0. The second kappa shape index (κ2) is 8.93. The van der Waals surface area contributed by atoms with Crippen molar-refractivity contribution in [2.24, 2.45) is 0 Å².